The minimum absolute atomic E-state index is 0.0805. The van der Waals surface area contributed by atoms with Gasteiger partial charge in [-0.2, -0.15) is 0 Å². The minimum Gasteiger partial charge on any atom is -0.487 e. The first-order valence-corrected chi connectivity index (χ1v) is 10.4. The molecule has 0 aliphatic carbocycles. The molecule has 1 aliphatic rings. The van der Waals surface area contributed by atoms with E-state index in [0.29, 0.717) is 12.5 Å². The van der Waals surface area contributed by atoms with Crippen LogP contribution < -0.4 is 4.74 Å². The number of rotatable bonds is 6. The molecule has 1 amide bonds. The summed E-state index contributed by atoms with van der Waals surface area (Å²) in [6.45, 7) is 2.06. The summed E-state index contributed by atoms with van der Waals surface area (Å²) in [5.74, 6) is 1.42. The van der Waals surface area contributed by atoms with Gasteiger partial charge in [0, 0.05) is 25.4 Å². The van der Waals surface area contributed by atoms with Crippen molar-refractivity contribution in [1.82, 2.24) is 9.88 Å². The number of piperidine rings is 1. The zero-order valence-electron chi connectivity index (χ0n) is 17.0. The van der Waals surface area contributed by atoms with Gasteiger partial charge in [-0.25, -0.2) is 0 Å². The molecule has 4 rings (SSSR count). The van der Waals surface area contributed by atoms with E-state index in [0.717, 1.165) is 42.9 Å². The van der Waals surface area contributed by atoms with Gasteiger partial charge >= 0.3 is 0 Å². The summed E-state index contributed by atoms with van der Waals surface area (Å²) in [6, 6.07) is 24.1. The predicted octanol–water partition coefficient (Wildman–Crippen LogP) is 5.08. The van der Waals surface area contributed by atoms with Crippen LogP contribution >= 0.6 is 0 Å². The highest BCUT2D eigenvalue weighted by Crippen LogP contribution is 2.27. The van der Waals surface area contributed by atoms with Gasteiger partial charge in [0.05, 0.1) is 5.69 Å². The molecule has 0 N–H and O–H groups in total. The largest absolute Gasteiger partial charge is 0.487 e. The van der Waals surface area contributed by atoms with Crippen LogP contribution in [0.25, 0.3) is 6.08 Å². The van der Waals surface area contributed by atoms with E-state index in [1.54, 1.807) is 12.3 Å². The molecule has 4 heteroatoms. The van der Waals surface area contributed by atoms with Crippen molar-refractivity contribution in [2.24, 2.45) is 0 Å². The molecule has 2 aromatic carbocycles. The number of aromatic nitrogens is 1. The summed E-state index contributed by atoms with van der Waals surface area (Å²) in [6.07, 6.45) is 7.34. The van der Waals surface area contributed by atoms with Crippen LogP contribution in [-0.4, -0.2) is 28.9 Å². The highest BCUT2D eigenvalue weighted by Gasteiger charge is 2.22. The van der Waals surface area contributed by atoms with Gasteiger partial charge in [0.15, 0.2) is 0 Å². The molecular formula is C26H26N2O2. The zero-order valence-corrected chi connectivity index (χ0v) is 17.0. The maximum absolute atomic E-state index is 12.5. The second kappa shape index (κ2) is 9.88. The number of carbonyl (C=O) groups is 1. The van der Waals surface area contributed by atoms with Crippen molar-refractivity contribution in [2.45, 2.75) is 25.4 Å². The van der Waals surface area contributed by atoms with E-state index in [4.69, 9.17) is 4.74 Å². The number of likely N-dealkylation sites (tertiary alicyclic amines) is 1. The fourth-order valence-corrected chi connectivity index (χ4v) is 3.75. The van der Waals surface area contributed by atoms with Crippen LogP contribution in [0, 0.1) is 0 Å². The SMILES string of the molecule is O=C(/C=C/c1ccc(OCc2ccccn2)cc1)N1CCC(c2ccccc2)CC1. The Labute approximate surface area is 177 Å². The Morgan fingerprint density at radius 3 is 2.40 bits per heavy atom. The Balaban J connectivity index is 1.26. The van der Waals surface area contributed by atoms with E-state index < -0.39 is 0 Å². The Kier molecular flexibility index (Phi) is 6.55. The lowest BCUT2D eigenvalue weighted by Gasteiger charge is -2.31. The van der Waals surface area contributed by atoms with E-state index >= 15 is 0 Å². The van der Waals surface area contributed by atoms with Gasteiger partial charge in [0.1, 0.15) is 12.4 Å². The van der Waals surface area contributed by atoms with Crippen molar-refractivity contribution >= 4 is 12.0 Å². The fourth-order valence-electron chi connectivity index (χ4n) is 3.75. The van der Waals surface area contributed by atoms with E-state index in [9.17, 15) is 4.79 Å². The lowest BCUT2D eigenvalue weighted by molar-refractivity contribution is -0.126. The molecule has 0 spiro atoms. The maximum Gasteiger partial charge on any atom is 0.246 e. The molecule has 0 unspecified atom stereocenters. The van der Waals surface area contributed by atoms with Crippen LogP contribution in [0.4, 0.5) is 0 Å². The van der Waals surface area contributed by atoms with E-state index in [1.807, 2.05) is 59.5 Å². The summed E-state index contributed by atoms with van der Waals surface area (Å²) in [5.41, 5.74) is 3.25. The van der Waals surface area contributed by atoms with Gasteiger partial charge in [0.25, 0.3) is 0 Å². The third kappa shape index (κ3) is 5.35. The molecule has 0 atom stereocenters. The number of pyridine rings is 1. The monoisotopic (exact) mass is 398 g/mol. The summed E-state index contributed by atoms with van der Waals surface area (Å²) in [7, 11) is 0. The molecule has 152 valence electrons. The second-order valence-electron chi connectivity index (χ2n) is 7.52. The summed E-state index contributed by atoms with van der Waals surface area (Å²) in [4.78, 5) is 18.7. The first-order valence-electron chi connectivity index (χ1n) is 10.4. The van der Waals surface area contributed by atoms with Crippen LogP contribution in [0.15, 0.2) is 85.1 Å². The Morgan fingerprint density at radius 2 is 1.70 bits per heavy atom. The number of nitrogens with zero attached hydrogens (tertiary/aromatic N) is 2. The van der Waals surface area contributed by atoms with Crippen LogP contribution in [0.2, 0.25) is 0 Å². The van der Waals surface area contributed by atoms with Gasteiger partial charge in [-0.05, 0) is 60.2 Å². The Hall–Kier alpha value is -3.40. The van der Waals surface area contributed by atoms with Crippen molar-refractivity contribution in [2.75, 3.05) is 13.1 Å². The molecule has 1 fully saturated rings. The Bertz CT molecular complexity index is 961. The van der Waals surface area contributed by atoms with Crippen LogP contribution in [-0.2, 0) is 11.4 Å². The third-order valence-corrected chi connectivity index (χ3v) is 5.49. The first kappa shape index (κ1) is 19.9. The van der Waals surface area contributed by atoms with Crippen molar-refractivity contribution in [1.29, 1.82) is 0 Å². The standard InChI is InChI=1S/C26H26N2O2/c29-26(28-18-15-23(16-19-28)22-6-2-1-3-7-22)14-11-21-9-12-25(13-10-21)30-20-24-8-4-5-17-27-24/h1-14,17,23H,15-16,18-20H2/b14-11+. The molecular weight excluding hydrogens is 372 g/mol. The molecule has 4 nitrogen and oxygen atoms in total. The number of amides is 1. The van der Waals surface area contributed by atoms with Crippen molar-refractivity contribution in [3.63, 3.8) is 0 Å². The number of hydrogen-bond donors (Lipinski definition) is 0. The van der Waals surface area contributed by atoms with E-state index in [-0.39, 0.29) is 5.91 Å². The quantitative estimate of drug-likeness (QED) is 0.544. The average molecular weight is 399 g/mol. The topological polar surface area (TPSA) is 42.4 Å². The number of benzene rings is 2. The van der Waals surface area contributed by atoms with E-state index in [1.165, 1.54) is 5.56 Å². The fraction of sp³-hybridized carbons (Fsp3) is 0.231. The summed E-state index contributed by atoms with van der Waals surface area (Å²) < 4.78 is 5.75. The molecule has 2 heterocycles. The normalized spacial score (nSPS) is 14.7. The van der Waals surface area contributed by atoms with Crippen molar-refractivity contribution in [3.05, 3.63) is 102 Å². The van der Waals surface area contributed by atoms with Gasteiger partial charge < -0.3 is 9.64 Å². The third-order valence-electron chi connectivity index (χ3n) is 5.49. The number of carbonyl (C=O) groups excluding carboxylic acids is 1. The maximum atomic E-state index is 12.5. The molecule has 1 aliphatic heterocycles. The van der Waals surface area contributed by atoms with Crippen LogP contribution in [0.1, 0.15) is 35.6 Å². The number of ether oxygens (including phenoxy) is 1. The van der Waals surface area contributed by atoms with Crippen LogP contribution in [0.5, 0.6) is 5.75 Å². The molecule has 30 heavy (non-hydrogen) atoms. The molecule has 0 bridgehead atoms. The minimum atomic E-state index is 0.0805. The van der Waals surface area contributed by atoms with E-state index in [2.05, 4.69) is 29.2 Å². The van der Waals surface area contributed by atoms with Gasteiger partial charge in [0.2, 0.25) is 5.91 Å². The van der Waals surface area contributed by atoms with Crippen molar-refractivity contribution < 1.29 is 9.53 Å². The van der Waals surface area contributed by atoms with Gasteiger partial charge in [-0.3, -0.25) is 9.78 Å². The lowest BCUT2D eigenvalue weighted by Crippen LogP contribution is -2.36. The Morgan fingerprint density at radius 1 is 0.967 bits per heavy atom. The van der Waals surface area contributed by atoms with Crippen molar-refractivity contribution in [3.8, 4) is 5.75 Å². The second-order valence-corrected chi connectivity index (χ2v) is 7.52. The summed E-state index contributed by atoms with van der Waals surface area (Å²) in [5, 5.41) is 0. The number of hydrogen-bond acceptors (Lipinski definition) is 3. The smallest absolute Gasteiger partial charge is 0.246 e. The highest BCUT2D eigenvalue weighted by atomic mass is 16.5. The van der Waals surface area contributed by atoms with Gasteiger partial charge in [-0.15, -0.1) is 0 Å². The summed E-state index contributed by atoms with van der Waals surface area (Å²) >= 11 is 0. The predicted molar refractivity (Wildman–Crippen MR) is 119 cm³/mol. The first-order chi connectivity index (χ1) is 14.8. The highest BCUT2D eigenvalue weighted by molar-refractivity contribution is 5.91. The molecule has 3 aromatic rings. The molecule has 0 saturated carbocycles. The van der Waals surface area contributed by atoms with Crippen LogP contribution in [0.3, 0.4) is 0 Å². The zero-order chi connectivity index (χ0) is 20.6. The molecule has 1 saturated heterocycles. The average Bonchev–Trinajstić information content (AvgIpc) is 2.83. The molecule has 0 radical (unpaired) electrons. The molecule has 1 aromatic heterocycles. The van der Waals surface area contributed by atoms with Gasteiger partial charge in [-0.1, -0.05) is 48.5 Å². The lowest BCUT2D eigenvalue weighted by atomic mass is 9.89.